The van der Waals surface area contributed by atoms with Crippen LogP contribution in [0.1, 0.15) is 61.2 Å². The van der Waals surface area contributed by atoms with Crippen molar-refractivity contribution >= 4 is 5.78 Å². The van der Waals surface area contributed by atoms with Gasteiger partial charge in [0.1, 0.15) is 0 Å². The number of rotatable bonds is 8. The van der Waals surface area contributed by atoms with Crippen molar-refractivity contribution in [2.45, 2.75) is 46.1 Å². The van der Waals surface area contributed by atoms with E-state index >= 15 is 0 Å². The fraction of sp³-hybridized carbons (Fsp3) is 0.550. The molecule has 146 valence electrons. The largest absolute Gasteiger partial charge is 0.490 e. The smallest absolute Gasteiger partial charge is 0.243 e. The number of carbonyl (C=O) groups excluding carboxylic acids is 1. The van der Waals surface area contributed by atoms with Gasteiger partial charge in [-0.25, -0.2) is 0 Å². The van der Waals surface area contributed by atoms with Crippen LogP contribution in [0.5, 0.6) is 11.5 Å². The third-order valence-corrected chi connectivity index (χ3v) is 4.65. The Morgan fingerprint density at radius 2 is 2.00 bits per heavy atom. The molecular formula is C20H27N3O4. The number of hydrogen-bond acceptors (Lipinski definition) is 7. The summed E-state index contributed by atoms with van der Waals surface area (Å²) in [6.45, 7) is 7.85. The zero-order chi connectivity index (χ0) is 19.2. The molecule has 0 spiro atoms. The molecule has 0 amide bonds. The molecule has 1 atom stereocenters. The zero-order valence-corrected chi connectivity index (χ0v) is 16.2. The van der Waals surface area contributed by atoms with Crippen molar-refractivity contribution in [3.8, 4) is 11.5 Å². The molecule has 27 heavy (non-hydrogen) atoms. The summed E-state index contributed by atoms with van der Waals surface area (Å²) in [7, 11) is 0. The lowest BCUT2D eigenvalue weighted by atomic mass is 10.0. The van der Waals surface area contributed by atoms with Crippen LogP contribution in [0.4, 0.5) is 0 Å². The second-order valence-corrected chi connectivity index (χ2v) is 6.61. The van der Waals surface area contributed by atoms with Crippen LogP contribution in [0.15, 0.2) is 22.7 Å². The molecule has 1 saturated heterocycles. The van der Waals surface area contributed by atoms with Gasteiger partial charge in [-0.2, -0.15) is 4.98 Å². The molecular weight excluding hydrogens is 346 g/mol. The molecule has 1 aromatic heterocycles. The first-order chi connectivity index (χ1) is 13.1. The van der Waals surface area contributed by atoms with E-state index in [1.165, 1.54) is 0 Å². The standard InChI is InChI=1S/C20H27N3O4/c1-4-25-18-10-9-15(12-19(18)26-5-2)17(24)13-23-11-7-6-8-16(23)20-21-14(3)22-27-20/h9-10,12,16H,4-8,11,13H2,1-3H3. The molecule has 2 heterocycles. The maximum atomic E-state index is 12.9. The van der Waals surface area contributed by atoms with Crippen LogP contribution in [-0.2, 0) is 0 Å². The molecule has 0 aliphatic carbocycles. The summed E-state index contributed by atoms with van der Waals surface area (Å²) in [6.07, 6.45) is 3.07. The van der Waals surface area contributed by atoms with E-state index in [1.54, 1.807) is 25.1 Å². The van der Waals surface area contributed by atoms with Crippen LogP contribution in [-0.4, -0.2) is 47.1 Å². The summed E-state index contributed by atoms with van der Waals surface area (Å²) in [5.41, 5.74) is 0.618. The Balaban J connectivity index is 1.75. The number of benzene rings is 1. The van der Waals surface area contributed by atoms with E-state index in [4.69, 9.17) is 14.0 Å². The minimum absolute atomic E-state index is 0.00189. The van der Waals surface area contributed by atoms with Gasteiger partial charge in [-0.1, -0.05) is 11.6 Å². The van der Waals surface area contributed by atoms with E-state index in [1.807, 2.05) is 13.8 Å². The van der Waals surface area contributed by atoms with E-state index in [9.17, 15) is 4.79 Å². The highest BCUT2D eigenvalue weighted by molar-refractivity contribution is 5.98. The molecule has 1 aromatic carbocycles. The number of carbonyl (C=O) groups is 1. The Kier molecular flexibility index (Phi) is 6.45. The summed E-state index contributed by atoms with van der Waals surface area (Å²) in [5.74, 6) is 2.53. The summed E-state index contributed by atoms with van der Waals surface area (Å²) >= 11 is 0. The van der Waals surface area contributed by atoms with Crippen molar-refractivity contribution in [2.75, 3.05) is 26.3 Å². The second kappa shape index (κ2) is 8.99. The summed E-state index contributed by atoms with van der Waals surface area (Å²) < 4.78 is 16.6. The SMILES string of the molecule is CCOc1ccc(C(=O)CN2CCCCC2c2nc(C)no2)cc1OCC. The van der Waals surface area contributed by atoms with Gasteiger partial charge in [-0.3, -0.25) is 9.69 Å². The van der Waals surface area contributed by atoms with Crippen molar-refractivity contribution in [3.63, 3.8) is 0 Å². The number of ketones is 1. The third kappa shape index (κ3) is 4.66. The fourth-order valence-corrected chi connectivity index (χ4v) is 3.41. The van der Waals surface area contributed by atoms with Crippen LogP contribution in [0, 0.1) is 6.92 Å². The lowest BCUT2D eigenvalue weighted by molar-refractivity contribution is 0.0793. The number of hydrogen-bond donors (Lipinski definition) is 0. The third-order valence-electron chi connectivity index (χ3n) is 4.65. The average Bonchev–Trinajstić information content (AvgIpc) is 3.10. The Bertz CT molecular complexity index is 774. The molecule has 0 radical (unpaired) electrons. The second-order valence-electron chi connectivity index (χ2n) is 6.61. The molecule has 3 rings (SSSR count). The topological polar surface area (TPSA) is 77.7 Å². The highest BCUT2D eigenvalue weighted by Crippen LogP contribution is 2.31. The molecule has 0 saturated carbocycles. The number of ether oxygens (including phenoxy) is 2. The lowest BCUT2D eigenvalue weighted by Crippen LogP contribution is -2.37. The predicted octanol–water partition coefficient (Wildman–Crippen LogP) is 3.59. The first kappa shape index (κ1) is 19.4. The summed E-state index contributed by atoms with van der Waals surface area (Å²) in [4.78, 5) is 19.4. The molecule has 7 nitrogen and oxygen atoms in total. The van der Waals surface area contributed by atoms with Crippen molar-refractivity contribution < 1.29 is 18.8 Å². The van der Waals surface area contributed by atoms with E-state index in [0.29, 0.717) is 48.5 Å². The highest BCUT2D eigenvalue weighted by Gasteiger charge is 2.30. The Labute approximate surface area is 159 Å². The number of Topliss-reactive ketones (excluding diaryl/α,β-unsaturated/α-hetero) is 1. The first-order valence-electron chi connectivity index (χ1n) is 9.59. The van der Waals surface area contributed by atoms with Crippen LogP contribution in [0.25, 0.3) is 0 Å². The van der Waals surface area contributed by atoms with Gasteiger partial charge in [-0.05, 0) is 58.4 Å². The maximum Gasteiger partial charge on any atom is 0.243 e. The van der Waals surface area contributed by atoms with Gasteiger partial charge in [0.05, 0.1) is 25.8 Å². The first-order valence-corrected chi connectivity index (χ1v) is 9.59. The Morgan fingerprint density at radius 1 is 1.22 bits per heavy atom. The monoisotopic (exact) mass is 373 g/mol. The zero-order valence-electron chi connectivity index (χ0n) is 16.2. The minimum atomic E-state index is -0.00189. The number of aryl methyl sites for hydroxylation is 1. The fourth-order valence-electron chi connectivity index (χ4n) is 3.41. The summed E-state index contributed by atoms with van der Waals surface area (Å²) in [6, 6.07) is 5.37. The number of piperidine rings is 1. The van der Waals surface area contributed by atoms with Crippen molar-refractivity contribution in [1.82, 2.24) is 15.0 Å². The minimum Gasteiger partial charge on any atom is -0.490 e. The lowest BCUT2D eigenvalue weighted by Gasteiger charge is -2.32. The maximum absolute atomic E-state index is 12.9. The normalized spacial score (nSPS) is 17.7. The van der Waals surface area contributed by atoms with Crippen LogP contribution >= 0.6 is 0 Å². The average molecular weight is 373 g/mol. The predicted molar refractivity (Wildman–Crippen MR) is 100 cm³/mol. The number of likely N-dealkylation sites (tertiary alicyclic amines) is 1. The summed E-state index contributed by atoms with van der Waals surface area (Å²) in [5, 5.41) is 3.89. The molecule has 1 fully saturated rings. The molecule has 0 bridgehead atoms. The van der Waals surface area contributed by atoms with E-state index in [0.717, 1.165) is 25.8 Å². The van der Waals surface area contributed by atoms with Gasteiger partial charge in [-0.15, -0.1) is 0 Å². The molecule has 1 unspecified atom stereocenters. The molecule has 0 N–H and O–H groups in total. The van der Waals surface area contributed by atoms with Crippen LogP contribution in [0.2, 0.25) is 0 Å². The van der Waals surface area contributed by atoms with Crippen LogP contribution in [0.3, 0.4) is 0 Å². The Hall–Kier alpha value is -2.41. The molecule has 1 aliphatic heterocycles. The van der Waals surface area contributed by atoms with Gasteiger partial charge < -0.3 is 14.0 Å². The van der Waals surface area contributed by atoms with Gasteiger partial charge in [0.15, 0.2) is 23.1 Å². The molecule has 2 aromatic rings. The van der Waals surface area contributed by atoms with Gasteiger partial charge >= 0.3 is 0 Å². The number of aromatic nitrogens is 2. The highest BCUT2D eigenvalue weighted by atomic mass is 16.5. The van der Waals surface area contributed by atoms with Gasteiger partial charge in [0.25, 0.3) is 0 Å². The van der Waals surface area contributed by atoms with Crippen molar-refractivity contribution in [1.29, 1.82) is 0 Å². The van der Waals surface area contributed by atoms with Gasteiger partial charge in [0.2, 0.25) is 5.89 Å². The molecule has 1 aliphatic rings. The number of nitrogens with zero attached hydrogens (tertiary/aromatic N) is 3. The van der Waals surface area contributed by atoms with Crippen molar-refractivity contribution in [2.24, 2.45) is 0 Å². The Morgan fingerprint density at radius 3 is 2.70 bits per heavy atom. The van der Waals surface area contributed by atoms with Crippen molar-refractivity contribution in [3.05, 3.63) is 35.5 Å². The van der Waals surface area contributed by atoms with Crippen LogP contribution < -0.4 is 9.47 Å². The van der Waals surface area contributed by atoms with E-state index < -0.39 is 0 Å². The van der Waals surface area contributed by atoms with Gasteiger partial charge in [0, 0.05) is 5.56 Å². The van der Waals surface area contributed by atoms with E-state index in [2.05, 4.69) is 15.0 Å². The quantitative estimate of drug-likeness (QED) is 0.654. The van der Waals surface area contributed by atoms with E-state index in [-0.39, 0.29) is 11.8 Å². The molecule has 7 heteroatoms.